The number of aryl methyl sites for hydroxylation is 1. The molecule has 0 fully saturated rings. The summed E-state index contributed by atoms with van der Waals surface area (Å²) in [6.07, 6.45) is 7.42. The number of unbranched alkanes of at least 4 members (excludes halogenated alkanes) is 3. The Labute approximate surface area is 161 Å². The Morgan fingerprint density at radius 1 is 0.889 bits per heavy atom. The Balaban J connectivity index is 1.85. The lowest BCUT2D eigenvalue weighted by Crippen LogP contribution is -2.24. The number of halogens is 2. The van der Waals surface area contributed by atoms with Crippen LogP contribution in [0.3, 0.4) is 0 Å². The summed E-state index contributed by atoms with van der Waals surface area (Å²) in [4.78, 5) is 8.87. The summed E-state index contributed by atoms with van der Waals surface area (Å²) in [6, 6.07) is 7.13. The first-order chi connectivity index (χ1) is 13.1. The van der Waals surface area contributed by atoms with Gasteiger partial charge in [0.1, 0.15) is 18.5 Å². The Hall–Kier alpha value is -2.04. The zero-order valence-electron chi connectivity index (χ0n) is 16.3. The fourth-order valence-electron chi connectivity index (χ4n) is 2.83. The van der Waals surface area contributed by atoms with Crippen LogP contribution in [-0.2, 0) is 6.42 Å². The fourth-order valence-corrected chi connectivity index (χ4v) is 2.83. The van der Waals surface area contributed by atoms with E-state index >= 15 is 0 Å². The largest absolute Gasteiger partial charge is 0.490 e. The van der Waals surface area contributed by atoms with E-state index in [9.17, 15) is 8.78 Å². The van der Waals surface area contributed by atoms with E-state index in [-0.39, 0.29) is 13.0 Å². The molecule has 0 amide bonds. The standard InChI is InChI=1S/C22H30F2N2O/c1-3-5-6-7-9-17-14-25-22(26-15-17)18-10-12-19(13-11-18)27-16-21(24)20(23)8-4-2/h10-15,20-21H,3-9,16H2,1-2H3/t20-,21-/m0/s1. The highest BCUT2D eigenvalue weighted by atomic mass is 19.2. The average molecular weight is 376 g/mol. The molecular weight excluding hydrogens is 346 g/mol. The lowest BCUT2D eigenvalue weighted by atomic mass is 10.1. The van der Waals surface area contributed by atoms with Gasteiger partial charge in [-0.05, 0) is 49.1 Å². The molecule has 3 nitrogen and oxygen atoms in total. The molecule has 1 heterocycles. The van der Waals surface area contributed by atoms with Crippen LogP contribution in [0.4, 0.5) is 8.78 Å². The molecule has 1 aromatic heterocycles. The van der Waals surface area contributed by atoms with Gasteiger partial charge in [0.25, 0.3) is 0 Å². The van der Waals surface area contributed by atoms with Crippen LogP contribution in [0.15, 0.2) is 36.7 Å². The molecule has 0 aliphatic carbocycles. The Morgan fingerprint density at radius 3 is 2.22 bits per heavy atom. The molecule has 0 N–H and O–H groups in total. The van der Waals surface area contributed by atoms with Crippen molar-refractivity contribution < 1.29 is 13.5 Å². The summed E-state index contributed by atoms with van der Waals surface area (Å²) in [5.41, 5.74) is 2.02. The summed E-state index contributed by atoms with van der Waals surface area (Å²) in [6.45, 7) is 3.76. The molecule has 5 heteroatoms. The van der Waals surface area contributed by atoms with Crippen molar-refractivity contribution in [3.8, 4) is 17.1 Å². The maximum atomic E-state index is 13.7. The van der Waals surface area contributed by atoms with Gasteiger partial charge in [0.15, 0.2) is 12.0 Å². The minimum atomic E-state index is -1.60. The molecule has 1 aromatic carbocycles. The normalized spacial score (nSPS) is 13.3. The van der Waals surface area contributed by atoms with E-state index in [1.807, 2.05) is 31.5 Å². The molecule has 2 aromatic rings. The quantitative estimate of drug-likeness (QED) is 0.419. The molecule has 0 unspecified atom stereocenters. The van der Waals surface area contributed by atoms with E-state index < -0.39 is 12.3 Å². The van der Waals surface area contributed by atoms with Crippen LogP contribution in [-0.4, -0.2) is 28.9 Å². The van der Waals surface area contributed by atoms with E-state index in [0.29, 0.717) is 18.0 Å². The SMILES string of the molecule is CCCCCCc1cnc(-c2ccc(OC[C@H](F)[C@@H](F)CCC)cc2)nc1. The third kappa shape index (κ3) is 7.24. The summed E-state index contributed by atoms with van der Waals surface area (Å²) < 4.78 is 32.5. The maximum Gasteiger partial charge on any atom is 0.165 e. The molecule has 0 aliphatic heterocycles. The third-order valence-corrected chi connectivity index (χ3v) is 4.50. The number of rotatable bonds is 12. The predicted molar refractivity (Wildman–Crippen MR) is 106 cm³/mol. The summed E-state index contributed by atoms with van der Waals surface area (Å²) >= 11 is 0. The van der Waals surface area contributed by atoms with E-state index in [2.05, 4.69) is 16.9 Å². The van der Waals surface area contributed by atoms with Crippen molar-refractivity contribution in [2.45, 2.75) is 71.1 Å². The van der Waals surface area contributed by atoms with Gasteiger partial charge in [-0.2, -0.15) is 0 Å². The molecule has 0 bridgehead atoms. The number of benzene rings is 1. The number of nitrogens with zero attached hydrogens (tertiary/aromatic N) is 2. The molecule has 0 radical (unpaired) electrons. The van der Waals surface area contributed by atoms with Crippen molar-refractivity contribution in [3.05, 3.63) is 42.2 Å². The van der Waals surface area contributed by atoms with Gasteiger partial charge in [-0.1, -0.05) is 39.5 Å². The van der Waals surface area contributed by atoms with Gasteiger partial charge >= 0.3 is 0 Å². The highest BCUT2D eigenvalue weighted by Crippen LogP contribution is 2.20. The summed E-state index contributed by atoms with van der Waals surface area (Å²) in [5.74, 6) is 1.16. The number of hydrogen-bond acceptors (Lipinski definition) is 3. The van der Waals surface area contributed by atoms with Crippen LogP contribution in [0.25, 0.3) is 11.4 Å². The molecule has 0 saturated carbocycles. The van der Waals surface area contributed by atoms with E-state index in [1.54, 1.807) is 12.1 Å². The highest BCUT2D eigenvalue weighted by Gasteiger charge is 2.20. The molecule has 27 heavy (non-hydrogen) atoms. The second kappa shape index (κ2) is 11.6. The zero-order chi connectivity index (χ0) is 19.5. The van der Waals surface area contributed by atoms with Crippen LogP contribution in [0, 0.1) is 0 Å². The van der Waals surface area contributed by atoms with Gasteiger partial charge in [0.2, 0.25) is 0 Å². The molecule has 0 aliphatic rings. The van der Waals surface area contributed by atoms with Crippen LogP contribution >= 0.6 is 0 Å². The van der Waals surface area contributed by atoms with E-state index in [0.717, 1.165) is 24.0 Å². The topological polar surface area (TPSA) is 35.0 Å². The van der Waals surface area contributed by atoms with E-state index in [4.69, 9.17) is 4.74 Å². The first kappa shape index (κ1) is 21.3. The number of alkyl halides is 2. The summed E-state index contributed by atoms with van der Waals surface area (Å²) in [5, 5.41) is 0. The van der Waals surface area contributed by atoms with Gasteiger partial charge in [-0.3, -0.25) is 0 Å². The molecule has 2 rings (SSSR count). The predicted octanol–water partition coefficient (Wildman–Crippen LogP) is 6.12. The van der Waals surface area contributed by atoms with Crippen LogP contribution in [0.2, 0.25) is 0 Å². The van der Waals surface area contributed by atoms with Gasteiger partial charge < -0.3 is 4.74 Å². The van der Waals surface area contributed by atoms with Gasteiger partial charge in [-0.15, -0.1) is 0 Å². The number of hydrogen-bond donors (Lipinski definition) is 0. The van der Waals surface area contributed by atoms with Crippen LogP contribution < -0.4 is 4.74 Å². The van der Waals surface area contributed by atoms with Crippen molar-refractivity contribution in [2.75, 3.05) is 6.61 Å². The monoisotopic (exact) mass is 376 g/mol. The molecule has 148 valence electrons. The van der Waals surface area contributed by atoms with Crippen LogP contribution in [0.1, 0.15) is 57.9 Å². The van der Waals surface area contributed by atoms with Crippen molar-refractivity contribution in [1.29, 1.82) is 0 Å². The minimum absolute atomic E-state index is 0.218. The highest BCUT2D eigenvalue weighted by molar-refractivity contribution is 5.55. The fraction of sp³-hybridized carbons (Fsp3) is 0.545. The first-order valence-corrected chi connectivity index (χ1v) is 9.96. The van der Waals surface area contributed by atoms with Crippen molar-refractivity contribution in [3.63, 3.8) is 0 Å². The number of ether oxygens (including phenoxy) is 1. The van der Waals surface area contributed by atoms with E-state index in [1.165, 1.54) is 19.3 Å². The molecule has 0 saturated heterocycles. The smallest absolute Gasteiger partial charge is 0.165 e. The molecule has 2 atom stereocenters. The Bertz CT molecular complexity index is 646. The zero-order valence-corrected chi connectivity index (χ0v) is 16.3. The minimum Gasteiger partial charge on any atom is -0.490 e. The third-order valence-electron chi connectivity index (χ3n) is 4.50. The molecule has 0 spiro atoms. The van der Waals surface area contributed by atoms with Crippen molar-refractivity contribution in [1.82, 2.24) is 9.97 Å². The van der Waals surface area contributed by atoms with Crippen molar-refractivity contribution >= 4 is 0 Å². The maximum absolute atomic E-state index is 13.7. The van der Waals surface area contributed by atoms with Crippen LogP contribution in [0.5, 0.6) is 5.75 Å². The Morgan fingerprint density at radius 2 is 1.59 bits per heavy atom. The second-order valence-corrected chi connectivity index (χ2v) is 6.88. The lowest BCUT2D eigenvalue weighted by Gasteiger charge is -2.14. The second-order valence-electron chi connectivity index (χ2n) is 6.88. The number of aromatic nitrogens is 2. The molecular formula is C22H30F2N2O. The summed E-state index contributed by atoms with van der Waals surface area (Å²) in [7, 11) is 0. The lowest BCUT2D eigenvalue weighted by molar-refractivity contribution is 0.103. The first-order valence-electron chi connectivity index (χ1n) is 9.96. The van der Waals surface area contributed by atoms with Crippen molar-refractivity contribution in [2.24, 2.45) is 0 Å². The van der Waals surface area contributed by atoms with Gasteiger partial charge in [0, 0.05) is 18.0 Å². The Kier molecular flexibility index (Phi) is 9.16. The average Bonchev–Trinajstić information content (AvgIpc) is 2.70. The van der Waals surface area contributed by atoms with Gasteiger partial charge in [-0.25, -0.2) is 18.7 Å². The van der Waals surface area contributed by atoms with Gasteiger partial charge in [0.05, 0.1) is 0 Å².